The van der Waals surface area contributed by atoms with E-state index >= 15 is 0 Å². The summed E-state index contributed by atoms with van der Waals surface area (Å²) < 4.78 is 2.12. The number of nitrogens with zero attached hydrogens (tertiary/aromatic N) is 5. The molecule has 0 atom stereocenters. The Labute approximate surface area is 216 Å². The summed E-state index contributed by atoms with van der Waals surface area (Å²) in [6.07, 6.45) is 5.01. The van der Waals surface area contributed by atoms with Crippen molar-refractivity contribution in [3.8, 4) is 21.8 Å². The van der Waals surface area contributed by atoms with Gasteiger partial charge in [-0.15, -0.1) is 11.3 Å². The van der Waals surface area contributed by atoms with E-state index < -0.39 is 0 Å². The maximum Gasteiger partial charge on any atom is 0.267 e. The van der Waals surface area contributed by atoms with E-state index in [0.717, 1.165) is 27.7 Å². The molecule has 5 aromatic rings. The molecule has 182 valence electrons. The van der Waals surface area contributed by atoms with Gasteiger partial charge in [0.2, 0.25) is 5.95 Å². The lowest BCUT2D eigenvalue weighted by Crippen LogP contribution is -2.11. The topological polar surface area (TPSA) is 124 Å². The highest BCUT2D eigenvalue weighted by atomic mass is 32.1. The molecule has 5 rings (SSSR count). The number of hydrogen-bond acceptors (Lipinski definition) is 9. The highest BCUT2D eigenvalue weighted by Crippen LogP contribution is 2.31. The van der Waals surface area contributed by atoms with E-state index in [-0.39, 0.29) is 11.9 Å². The van der Waals surface area contributed by atoms with E-state index in [1.54, 1.807) is 23.6 Å². The van der Waals surface area contributed by atoms with E-state index in [2.05, 4.69) is 49.0 Å². The summed E-state index contributed by atoms with van der Waals surface area (Å²) >= 11 is 2.83. The average molecular weight is 517 g/mol. The lowest BCUT2D eigenvalue weighted by Gasteiger charge is -2.14. The van der Waals surface area contributed by atoms with Crippen molar-refractivity contribution in [3.05, 3.63) is 71.1 Å². The van der Waals surface area contributed by atoms with Gasteiger partial charge >= 0.3 is 0 Å². The van der Waals surface area contributed by atoms with E-state index in [4.69, 9.17) is 5.73 Å². The number of nitrogens with one attached hydrogen (secondary N) is 2. The number of carbonyl (C=O) groups excluding carboxylic acids is 1. The molecule has 0 radical (unpaired) electrons. The van der Waals surface area contributed by atoms with Gasteiger partial charge in [0.05, 0.1) is 35.2 Å². The van der Waals surface area contributed by atoms with Crippen molar-refractivity contribution >= 4 is 51.0 Å². The second-order valence-corrected chi connectivity index (χ2v) is 10.3. The lowest BCUT2D eigenvalue weighted by molar-refractivity contribution is 0.103. The fourth-order valence-electron chi connectivity index (χ4n) is 3.83. The van der Waals surface area contributed by atoms with E-state index in [1.165, 1.54) is 17.5 Å². The van der Waals surface area contributed by atoms with Crippen molar-refractivity contribution in [1.29, 1.82) is 0 Å². The average Bonchev–Trinajstić information content (AvgIpc) is 3.62. The number of aromatic nitrogens is 5. The highest BCUT2D eigenvalue weighted by molar-refractivity contribution is 7.17. The minimum Gasteiger partial charge on any atom is -0.397 e. The zero-order valence-corrected chi connectivity index (χ0v) is 21.5. The largest absolute Gasteiger partial charge is 0.397 e. The molecular weight excluding hydrogens is 492 g/mol. The lowest BCUT2D eigenvalue weighted by atomic mass is 10.1. The molecule has 4 aromatic heterocycles. The third kappa shape index (κ3) is 4.83. The summed E-state index contributed by atoms with van der Waals surface area (Å²) in [6.45, 7) is 6.18. The molecule has 1 amide bonds. The number of amides is 1. The second kappa shape index (κ2) is 9.88. The Morgan fingerprint density at radius 1 is 1.11 bits per heavy atom. The van der Waals surface area contributed by atoms with Gasteiger partial charge in [0.15, 0.2) is 5.13 Å². The van der Waals surface area contributed by atoms with Gasteiger partial charge in [-0.25, -0.2) is 19.9 Å². The molecule has 0 unspecified atom stereocenters. The third-order valence-electron chi connectivity index (χ3n) is 5.47. The van der Waals surface area contributed by atoms with Crippen LogP contribution in [0, 0.1) is 6.92 Å². The number of rotatable bonds is 7. The zero-order chi connectivity index (χ0) is 25.2. The molecule has 36 heavy (non-hydrogen) atoms. The fourth-order valence-corrected chi connectivity index (χ4v) is 5.26. The number of anilines is 4. The van der Waals surface area contributed by atoms with E-state index in [0.29, 0.717) is 27.3 Å². The van der Waals surface area contributed by atoms with Gasteiger partial charge in [-0.1, -0.05) is 23.5 Å². The maximum atomic E-state index is 12.9. The van der Waals surface area contributed by atoms with Crippen LogP contribution in [-0.2, 0) is 0 Å². The molecule has 4 heterocycles. The van der Waals surface area contributed by atoms with Crippen LogP contribution in [0.5, 0.6) is 0 Å². The number of aryl methyl sites for hydroxylation is 1. The van der Waals surface area contributed by atoms with Gasteiger partial charge < -0.3 is 20.9 Å². The number of thiophene rings is 1. The number of benzene rings is 1. The van der Waals surface area contributed by atoms with Gasteiger partial charge in [-0.2, -0.15) is 0 Å². The first-order chi connectivity index (χ1) is 17.4. The van der Waals surface area contributed by atoms with Crippen molar-refractivity contribution in [2.24, 2.45) is 0 Å². The van der Waals surface area contributed by atoms with Gasteiger partial charge in [0.1, 0.15) is 10.7 Å². The molecule has 0 spiro atoms. The normalized spacial score (nSPS) is 11.1. The van der Waals surface area contributed by atoms with Crippen molar-refractivity contribution in [1.82, 2.24) is 24.5 Å². The number of imidazole rings is 1. The summed E-state index contributed by atoms with van der Waals surface area (Å²) in [5.74, 6) is 1.02. The first kappa shape index (κ1) is 23.6. The van der Waals surface area contributed by atoms with E-state index in [9.17, 15) is 4.79 Å². The van der Waals surface area contributed by atoms with Crippen molar-refractivity contribution in [2.45, 2.75) is 26.8 Å². The van der Waals surface area contributed by atoms with Crippen LogP contribution in [0.1, 0.15) is 35.4 Å². The van der Waals surface area contributed by atoms with Crippen molar-refractivity contribution in [2.75, 3.05) is 16.4 Å². The summed E-state index contributed by atoms with van der Waals surface area (Å²) in [6, 6.07) is 11.7. The number of carbonyl (C=O) groups is 1. The number of nitrogen functional groups attached to an aromatic ring is 1. The molecule has 0 aliphatic carbocycles. The molecule has 0 aliphatic rings. The number of hydrogen-bond donors (Lipinski definition) is 3. The highest BCUT2D eigenvalue weighted by Gasteiger charge is 2.16. The summed E-state index contributed by atoms with van der Waals surface area (Å²) in [4.78, 5) is 32.1. The van der Waals surface area contributed by atoms with Gasteiger partial charge in [-0.3, -0.25) is 4.79 Å². The predicted octanol–water partition coefficient (Wildman–Crippen LogP) is 5.99. The zero-order valence-electron chi connectivity index (χ0n) is 19.9. The number of thiazole rings is 1. The Bertz CT molecular complexity index is 1520. The molecule has 0 saturated carbocycles. The fraction of sp³-hybridized carbons (Fsp3) is 0.160. The van der Waals surface area contributed by atoms with Crippen LogP contribution in [0.4, 0.5) is 22.5 Å². The molecule has 0 aliphatic heterocycles. The Morgan fingerprint density at radius 2 is 1.97 bits per heavy atom. The van der Waals surface area contributed by atoms with Crippen LogP contribution in [-0.4, -0.2) is 30.4 Å². The van der Waals surface area contributed by atoms with Gasteiger partial charge in [0, 0.05) is 17.1 Å². The maximum absolute atomic E-state index is 12.9. The summed E-state index contributed by atoms with van der Waals surface area (Å²) in [5.41, 5.74) is 9.81. The molecule has 11 heteroatoms. The third-order valence-corrected chi connectivity index (χ3v) is 7.30. The Hall–Kier alpha value is -4.09. The van der Waals surface area contributed by atoms with Gasteiger partial charge in [-0.05, 0) is 56.0 Å². The molecule has 1 aromatic carbocycles. The predicted molar refractivity (Wildman–Crippen MR) is 146 cm³/mol. The van der Waals surface area contributed by atoms with Crippen LogP contribution < -0.4 is 16.4 Å². The monoisotopic (exact) mass is 516 g/mol. The molecule has 0 fully saturated rings. The second-order valence-electron chi connectivity index (χ2n) is 8.31. The van der Waals surface area contributed by atoms with Crippen LogP contribution in [0.25, 0.3) is 21.8 Å². The number of nitrogens with two attached hydrogens (primary N) is 1. The van der Waals surface area contributed by atoms with Gasteiger partial charge in [0.25, 0.3) is 5.91 Å². The minimum atomic E-state index is -0.290. The Kier molecular flexibility index (Phi) is 6.49. The summed E-state index contributed by atoms with van der Waals surface area (Å²) in [5, 5.41) is 8.51. The molecule has 0 bridgehead atoms. The Balaban J connectivity index is 1.32. The van der Waals surface area contributed by atoms with Crippen LogP contribution in [0.15, 0.2) is 60.4 Å². The molecular formula is C25H24N8OS2. The van der Waals surface area contributed by atoms with E-state index in [1.807, 2.05) is 48.8 Å². The van der Waals surface area contributed by atoms with Crippen molar-refractivity contribution < 1.29 is 4.79 Å². The first-order valence-corrected chi connectivity index (χ1v) is 12.9. The molecule has 4 N–H and O–H groups in total. The van der Waals surface area contributed by atoms with Crippen molar-refractivity contribution in [3.63, 3.8) is 0 Å². The van der Waals surface area contributed by atoms with Crippen LogP contribution >= 0.6 is 22.7 Å². The SMILES string of the molecule is Cc1ncc(-c2ccnc(Nc3ncc(C(=O)Nc4cc(-c5cccs5)ccc4N)s3)n2)n1C(C)C. The summed E-state index contributed by atoms with van der Waals surface area (Å²) in [7, 11) is 0. The first-order valence-electron chi connectivity index (χ1n) is 11.2. The minimum absolute atomic E-state index is 0.244. The standard InChI is InChI=1S/C25H24N8OS2/c1-14(2)33-15(3)28-12-20(33)18-8-9-27-24(31-18)32-25-29-13-22(36-25)23(34)30-19-11-16(6-7-17(19)26)21-5-4-10-35-21/h4-14H,26H2,1-3H3,(H,30,34)(H,27,29,31,32). The Morgan fingerprint density at radius 3 is 2.75 bits per heavy atom. The molecule has 9 nitrogen and oxygen atoms in total. The quantitative estimate of drug-likeness (QED) is 0.227. The van der Waals surface area contributed by atoms with Crippen LogP contribution in [0.2, 0.25) is 0 Å². The molecule has 0 saturated heterocycles. The smallest absolute Gasteiger partial charge is 0.267 e. The van der Waals surface area contributed by atoms with Crippen LogP contribution in [0.3, 0.4) is 0 Å².